The summed E-state index contributed by atoms with van der Waals surface area (Å²) in [6, 6.07) is -0.526. The van der Waals surface area contributed by atoms with Crippen LogP contribution in [0.2, 0.25) is 0 Å². The first-order valence-corrected chi connectivity index (χ1v) is 11.0. The maximum atomic E-state index is 12.8. The fourth-order valence-electron chi connectivity index (χ4n) is 4.72. The van der Waals surface area contributed by atoms with Crippen LogP contribution in [0.3, 0.4) is 0 Å². The third-order valence-electron chi connectivity index (χ3n) is 6.27. The molecule has 2 fully saturated rings. The van der Waals surface area contributed by atoms with Gasteiger partial charge < -0.3 is 16.4 Å². The molecule has 1 saturated carbocycles. The second-order valence-electron chi connectivity index (χ2n) is 8.43. The summed E-state index contributed by atoms with van der Waals surface area (Å²) in [7, 11) is 0. The van der Waals surface area contributed by atoms with Gasteiger partial charge in [0.25, 0.3) is 11.8 Å². The van der Waals surface area contributed by atoms with E-state index in [1.54, 1.807) is 0 Å². The number of urea groups is 1. The molecular formula is C20H26N4O4S. The van der Waals surface area contributed by atoms with E-state index in [9.17, 15) is 19.2 Å². The molecule has 1 aliphatic heterocycles. The molecule has 0 aromatic carbocycles. The minimum atomic E-state index is -0.855. The fraction of sp³-hybridized carbons (Fsp3) is 0.600. The van der Waals surface area contributed by atoms with E-state index in [1.165, 1.54) is 11.3 Å². The molecule has 1 aromatic rings. The lowest BCUT2D eigenvalue weighted by Crippen LogP contribution is -2.48. The van der Waals surface area contributed by atoms with Crippen molar-refractivity contribution in [3.63, 3.8) is 0 Å². The highest BCUT2D eigenvalue weighted by Gasteiger charge is 2.51. The number of nitrogens with one attached hydrogen (secondary N) is 2. The van der Waals surface area contributed by atoms with Crippen molar-refractivity contribution in [2.24, 2.45) is 11.7 Å². The highest BCUT2D eigenvalue weighted by molar-refractivity contribution is 7.17. The molecule has 2 aliphatic carbocycles. The lowest BCUT2D eigenvalue weighted by molar-refractivity contribution is -0.134. The third kappa shape index (κ3) is 3.52. The van der Waals surface area contributed by atoms with Gasteiger partial charge in [-0.15, -0.1) is 11.3 Å². The van der Waals surface area contributed by atoms with Crippen molar-refractivity contribution in [3.8, 4) is 0 Å². The average molecular weight is 419 g/mol. The number of imide groups is 1. The van der Waals surface area contributed by atoms with E-state index < -0.39 is 23.4 Å². The van der Waals surface area contributed by atoms with Crippen LogP contribution in [0, 0.1) is 5.92 Å². The molecule has 1 spiro atoms. The first kappa shape index (κ1) is 19.9. The number of anilines is 1. The van der Waals surface area contributed by atoms with Crippen LogP contribution in [-0.2, 0) is 22.4 Å². The van der Waals surface area contributed by atoms with Gasteiger partial charge in [-0.05, 0) is 43.6 Å². The molecule has 29 heavy (non-hydrogen) atoms. The Bertz CT molecular complexity index is 887. The molecule has 1 atom stereocenters. The molecule has 2 heterocycles. The van der Waals surface area contributed by atoms with Gasteiger partial charge in [0.15, 0.2) is 0 Å². The van der Waals surface area contributed by atoms with Crippen molar-refractivity contribution in [2.75, 3.05) is 11.9 Å². The number of fused-ring (bicyclic) bond motifs is 1. The topological polar surface area (TPSA) is 122 Å². The Morgan fingerprint density at radius 3 is 2.69 bits per heavy atom. The van der Waals surface area contributed by atoms with Crippen LogP contribution < -0.4 is 16.4 Å². The zero-order chi connectivity index (χ0) is 20.8. The molecule has 156 valence electrons. The summed E-state index contributed by atoms with van der Waals surface area (Å²) in [5.74, 6) is -0.881. The number of thiophene rings is 1. The molecule has 0 unspecified atom stereocenters. The standard InChI is InChI=1S/C20H26N4O4S/c1-11-5-6-12-13(9-11)29-17(15(12)16(21)26)22-14(25)10-24-18(27)20(23-19(24)28)7-3-2-4-8-20/h11H,2-10H2,1H3,(H2,21,26)(H,22,25)(H,23,28)/t11-/m0/s1. The number of nitrogens with two attached hydrogens (primary N) is 1. The summed E-state index contributed by atoms with van der Waals surface area (Å²) < 4.78 is 0. The van der Waals surface area contributed by atoms with E-state index >= 15 is 0 Å². The Hall–Kier alpha value is -2.42. The van der Waals surface area contributed by atoms with Crippen molar-refractivity contribution in [3.05, 3.63) is 16.0 Å². The van der Waals surface area contributed by atoms with E-state index in [1.807, 2.05) is 0 Å². The van der Waals surface area contributed by atoms with Gasteiger partial charge in [0.2, 0.25) is 5.91 Å². The molecular weight excluding hydrogens is 392 g/mol. The normalized spacial score (nSPS) is 23.1. The molecule has 5 amide bonds. The second kappa shape index (κ2) is 7.44. The van der Waals surface area contributed by atoms with Gasteiger partial charge in [-0.25, -0.2) is 4.79 Å². The lowest BCUT2D eigenvalue weighted by Gasteiger charge is -2.30. The molecule has 0 bridgehead atoms. The first-order valence-electron chi connectivity index (χ1n) is 10.2. The van der Waals surface area contributed by atoms with Gasteiger partial charge in [0.05, 0.1) is 5.56 Å². The molecule has 9 heteroatoms. The monoisotopic (exact) mass is 418 g/mol. The second-order valence-corrected chi connectivity index (χ2v) is 9.54. The molecule has 1 saturated heterocycles. The molecule has 8 nitrogen and oxygen atoms in total. The smallest absolute Gasteiger partial charge is 0.325 e. The molecule has 0 radical (unpaired) electrons. The SMILES string of the molecule is C[C@H]1CCc2c(sc(NC(=O)CN3C(=O)NC4(CCCCC4)C3=O)c2C(N)=O)C1. The van der Waals surface area contributed by atoms with Crippen LogP contribution in [0.25, 0.3) is 0 Å². The average Bonchev–Trinajstić information content (AvgIpc) is 3.12. The van der Waals surface area contributed by atoms with Crippen molar-refractivity contribution in [2.45, 2.75) is 63.8 Å². The Kier molecular flexibility index (Phi) is 5.10. The van der Waals surface area contributed by atoms with Gasteiger partial charge in [-0.1, -0.05) is 26.2 Å². The Morgan fingerprint density at radius 2 is 2.00 bits per heavy atom. The van der Waals surface area contributed by atoms with E-state index in [0.29, 0.717) is 29.3 Å². The minimum Gasteiger partial charge on any atom is -0.365 e. The third-order valence-corrected chi connectivity index (χ3v) is 7.44. The highest BCUT2D eigenvalue weighted by atomic mass is 32.1. The highest BCUT2D eigenvalue weighted by Crippen LogP contribution is 2.39. The van der Waals surface area contributed by atoms with Gasteiger partial charge in [0, 0.05) is 4.88 Å². The predicted octanol–water partition coefficient (Wildman–Crippen LogP) is 2.17. The number of carbonyl (C=O) groups is 4. The number of primary amides is 1. The zero-order valence-corrected chi connectivity index (χ0v) is 17.3. The summed E-state index contributed by atoms with van der Waals surface area (Å²) in [4.78, 5) is 51.9. The summed E-state index contributed by atoms with van der Waals surface area (Å²) >= 11 is 1.37. The number of rotatable bonds is 4. The number of amides is 5. The maximum Gasteiger partial charge on any atom is 0.325 e. The number of hydrogen-bond donors (Lipinski definition) is 3. The Morgan fingerprint density at radius 1 is 1.28 bits per heavy atom. The predicted molar refractivity (Wildman–Crippen MR) is 109 cm³/mol. The molecule has 4 N–H and O–H groups in total. The van der Waals surface area contributed by atoms with Crippen LogP contribution in [-0.4, -0.2) is 40.7 Å². The Balaban J connectivity index is 1.50. The van der Waals surface area contributed by atoms with Crippen molar-refractivity contribution in [1.82, 2.24) is 10.2 Å². The van der Waals surface area contributed by atoms with Crippen LogP contribution in [0.15, 0.2) is 0 Å². The zero-order valence-electron chi connectivity index (χ0n) is 16.5. The molecule has 3 aliphatic rings. The number of hydrogen-bond acceptors (Lipinski definition) is 5. The van der Waals surface area contributed by atoms with Gasteiger partial charge >= 0.3 is 6.03 Å². The summed E-state index contributed by atoms with van der Waals surface area (Å²) in [5.41, 5.74) is 6.02. The number of carbonyl (C=O) groups excluding carboxylic acids is 4. The van der Waals surface area contributed by atoms with E-state index in [-0.39, 0.29) is 12.5 Å². The minimum absolute atomic E-state index is 0.327. The number of nitrogens with zero attached hydrogens (tertiary/aromatic N) is 1. The van der Waals surface area contributed by atoms with Crippen LogP contribution in [0.5, 0.6) is 0 Å². The van der Waals surface area contributed by atoms with Gasteiger partial charge in [-0.3, -0.25) is 19.3 Å². The maximum absolute atomic E-state index is 12.8. The van der Waals surface area contributed by atoms with Crippen LogP contribution >= 0.6 is 11.3 Å². The van der Waals surface area contributed by atoms with Gasteiger partial charge in [-0.2, -0.15) is 0 Å². The van der Waals surface area contributed by atoms with E-state index in [2.05, 4.69) is 17.6 Å². The van der Waals surface area contributed by atoms with Crippen molar-refractivity contribution >= 4 is 40.1 Å². The van der Waals surface area contributed by atoms with Crippen LogP contribution in [0.1, 0.15) is 66.2 Å². The van der Waals surface area contributed by atoms with Crippen LogP contribution in [0.4, 0.5) is 9.80 Å². The summed E-state index contributed by atoms with van der Waals surface area (Å²) in [6.07, 6.45) is 6.61. The Labute approximate surface area is 173 Å². The van der Waals surface area contributed by atoms with Crippen molar-refractivity contribution in [1.29, 1.82) is 0 Å². The fourth-order valence-corrected chi connectivity index (χ4v) is 6.16. The van der Waals surface area contributed by atoms with Crippen molar-refractivity contribution < 1.29 is 19.2 Å². The van der Waals surface area contributed by atoms with E-state index in [4.69, 9.17) is 5.73 Å². The largest absolute Gasteiger partial charge is 0.365 e. The molecule has 1 aromatic heterocycles. The lowest BCUT2D eigenvalue weighted by atomic mass is 9.82. The van der Waals surface area contributed by atoms with Gasteiger partial charge in [0.1, 0.15) is 17.1 Å². The summed E-state index contributed by atoms with van der Waals surface area (Å²) in [5, 5.41) is 5.94. The molecule has 4 rings (SSSR count). The summed E-state index contributed by atoms with van der Waals surface area (Å²) in [6.45, 7) is 1.78. The van der Waals surface area contributed by atoms with E-state index in [0.717, 1.165) is 53.9 Å². The quantitative estimate of drug-likeness (QED) is 0.649. The first-order chi connectivity index (χ1) is 13.8.